The van der Waals surface area contributed by atoms with Crippen LogP contribution < -0.4 is 4.72 Å². The Morgan fingerprint density at radius 1 is 1.07 bits per heavy atom. The summed E-state index contributed by atoms with van der Waals surface area (Å²) in [6, 6.07) is 7.13. The van der Waals surface area contributed by atoms with Crippen molar-refractivity contribution in [2.45, 2.75) is 43.9 Å². The van der Waals surface area contributed by atoms with E-state index in [1.54, 1.807) is 26.0 Å². The summed E-state index contributed by atoms with van der Waals surface area (Å²) in [5, 5.41) is 10.0. The number of rotatable bonds is 7. The van der Waals surface area contributed by atoms with E-state index in [1.807, 2.05) is 0 Å². The monoisotopic (exact) mass is 426 g/mol. The molecule has 2 aromatic carbocycles. The first-order chi connectivity index (χ1) is 13.4. The summed E-state index contributed by atoms with van der Waals surface area (Å²) in [5.41, 5.74) is 1.19. The molecule has 158 valence electrons. The van der Waals surface area contributed by atoms with Gasteiger partial charge in [0.05, 0.1) is 17.0 Å². The zero-order valence-electron chi connectivity index (χ0n) is 16.6. The van der Waals surface area contributed by atoms with Gasteiger partial charge in [-0.25, -0.2) is 17.2 Å². The Morgan fingerprint density at radius 3 is 2.17 bits per heavy atom. The summed E-state index contributed by atoms with van der Waals surface area (Å²) in [6.45, 7) is 4.68. The van der Waals surface area contributed by atoms with Gasteiger partial charge < -0.3 is 10.0 Å². The van der Waals surface area contributed by atoms with Crippen LogP contribution in [0.4, 0.5) is 8.78 Å². The topological polar surface area (TPSA) is 86.7 Å². The summed E-state index contributed by atoms with van der Waals surface area (Å²) >= 11 is 0. The number of halogens is 2. The molecule has 2 N–H and O–H groups in total. The van der Waals surface area contributed by atoms with Gasteiger partial charge in [0.1, 0.15) is 6.04 Å². The first-order valence-electron chi connectivity index (χ1n) is 8.92. The summed E-state index contributed by atoms with van der Waals surface area (Å²) in [5.74, 6) is -2.78. The molecule has 0 aliphatic rings. The zero-order chi connectivity index (χ0) is 21.9. The number of carbonyl (C=O) groups is 1. The van der Waals surface area contributed by atoms with Crippen molar-refractivity contribution in [3.63, 3.8) is 0 Å². The quantitative estimate of drug-likeness (QED) is 0.712. The Morgan fingerprint density at radius 2 is 1.66 bits per heavy atom. The Hall–Kier alpha value is -2.36. The molecule has 6 nitrogen and oxygen atoms in total. The predicted octanol–water partition coefficient (Wildman–Crippen LogP) is 2.52. The molecule has 0 aliphatic carbocycles. The molecule has 0 radical (unpaired) electrons. The second-order valence-electron chi connectivity index (χ2n) is 6.95. The van der Waals surface area contributed by atoms with E-state index in [4.69, 9.17) is 0 Å². The molecule has 0 saturated heterocycles. The van der Waals surface area contributed by atoms with E-state index in [9.17, 15) is 27.1 Å². The summed E-state index contributed by atoms with van der Waals surface area (Å²) in [4.78, 5) is 14.0. The van der Waals surface area contributed by atoms with Gasteiger partial charge in [-0.05, 0) is 50.6 Å². The molecule has 0 saturated carbocycles. The van der Waals surface area contributed by atoms with Crippen LogP contribution in [0.3, 0.4) is 0 Å². The van der Waals surface area contributed by atoms with Crippen molar-refractivity contribution in [1.29, 1.82) is 0 Å². The highest BCUT2D eigenvalue weighted by Gasteiger charge is 2.33. The number of hydrogen-bond donors (Lipinski definition) is 2. The van der Waals surface area contributed by atoms with Gasteiger partial charge in [0, 0.05) is 7.05 Å². The second kappa shape index (κ2) is 8.98. The molecule has 0 spiro atoms. The van der Waals surface area contributed by atoms with Gasteiger partial charge >= 0.3 is 0 Å². The minimum atomic E-state index is -4.07. The second-order valence-corrected chi connectivity index (χ2v) is 8.67. The molecular weight excluding hydrogens is 402 g/mol. The third-order valence-corrected chi connectivity index (χ3v) is 6.17. The van der Waals surface area contributed by atoms with Crippen molar-refractivity contribution in [3.05, 3.63) is 65.2 Å². The number of sulfonamides is 1. The fourth-order valence-electron chi connectivity index (χ4n) is 2.71. The number of nitrogens with zero attached hydrogens (tertiary/aromatic N) is 1. The SMILES string of the molecule is Cc1ccc(S(=O)(=O)NC(C(=O)N(C)C(C)c2ccc(F)c(F)c2)C(C)O)cc1. The number of benzene rings is 2. The maximum Gasteiger partial charge on any atom is 0.243 e. The lowest BCUT2D eigenvalue weighted by Crippen LogP contribution is -2.53. The zero-order valence-corrected chi connectivity index (χ0v) is 17.4. The standard InChI is InChI=1S/C20H24F2N2O4S/c1-12-5-8-16(9-6-12)29(27,28)23-19(14(3)25)20(26)24(4)13(2)15-7-10-17(21)18(22)11-15/h5-11,13-14,19,23,25H,1-4H3. The largest absolute Gasteiger partial charge is 0.391 e. The molecule has 0 aromatic heterocycles. The van der Waals surface area contributed by atoms with Crippen LogP contribution in [-0.2, 0) is 14.8 Å². The van der Waals surface area contributed by atoms with Crippen LogP contribution in [0, 0.1) is 18.6 Å². The van der Waals surface area contributed by atoms with Crippen molar-refractivity contribution in [2.24, 2.45) is 0 Å². The number of aryl methyl sites for hydroxylation is 1. The molecule has 3 unspecified atom stereocenters. The van der Waals surface area contributed by atoms with Gasteiger partial charge in [-0.15, -0.1) is 0 Å². The number of hydrogen-bond acceptors (Lipinski definition) is 4. The van der Waals surface area contributed by atoms with E-state index in [0.717, 1.165) is 17.7 Å². The Kier molecular flexibility index (Phi) is 7.10. The van der Waals surface area contributed by atoms with Crippen molar-refractivity contribution < 1.29 is 27.1 Å². The summed E-state index contributed by atoms with van der Waals surface area (Å²) in [7, 11) is -2.68. The first-order valence-corrected chi connectivity index (χ1v) is 10.4. The minimum Gasteiger partial charge on any atom is -0.391 e. The number of aliphatic hydroxyl groups is 1. The highest BCUT2D eigenvalue weighted by Crippen LogP contribution is 2.22. The van der Waals surface area contributed by atoms with Crippen LogP contribution >= 0.6 is 0 Å². The summed E-state index contributed by atoms with van der Waals surface area (Å²) in [6.07, 6.45) is -1.33. The third-order valence-electron chi connectivity index (χ3n) is 4.72. The van der Waals surface area contributed by atoms with E-state index >= 15 is 0 Å². The van der Waals surface area contributed by atoms with Gasteiger partial charge in [0.25, 0.3) is 0 Å². The normalized spacial score (nSPS) is 14.9. The van der Waals surface area contributed by atoms with Crippen molar-refractivity contribution in [2.75, 3.05) is 7.05 Å². The van der Waals surface area contributed by atoms with Crippen LogP contribution in [0.1, 0.15) is 31.0 Å². The van der Waals surface area contributed by atoms with Crippen LogP contribution in [0.25, 0.3) is 0 Å². The lowest BCUT2D eigenvalue weighted by Gasteiger charge is -2.30. The number of aliphatic hydroxyl groups excluding tert-OH is 1. The molecule has 2 rings (SSSR count). The first kappa shape index (κ1) is 22.9. The molecule has 0 heterocycles. The fraction of sp³-hybridized carbons (Fsp3) is 0.350. The molecule has 1 amide bonds. The van der Waals surface area contributed by atoms with Crippen molar-refractivity contribution in [1.82, 2.24) is 9.62 Å². The maximum absolute atomic E-state index is 13.5. The summed E-state index contributed by atoms with van der Waals surface area (Å²) < 4.78 is 54.2. The maximum atomic E-state index is 13.5. The van der Waals surface area contributed by atoms with Crippen LogP contribution in [-0.4, -0.2) is 43.5 Å². The van der Waals surface area contributed by atoms with E-state index in [2.05, 4.69) is 4.72 Å². The van der Waals surface area contributed by atoms with Gasteiger partial charge in [-0.3, -0.25) is 4.79 Å². The van der Waals surface area contributed by atoms with Crippen molar-refractivity contribution >= 4 is 15.9 Å². The van der Waals surface area contributed by atoms with Gasteiger partial charge in [0.2, 0.25) is 15.9 Å². The van der Waals surface area contributed by atoms with Gasteiger partial charge in [0.15, 0.2) is 11.6 Å². The lowest BCUT2D eigenvalue weighted by atomic mass is 10.1. The molecule has 3 atom stereocenters. The lowest BCUT2D eigenvalue weighted by molar-refractivity contribution is -0.136. The van der Waals surface area contributed by atoms with E-state index in [1.165, 1.54) is 37.1 Å². The Balaban J connectivity index is 2.25. The molecule has 0 fully saturated rings. The van der Waals surface area contributed by atoms with E-state index < -0.39 is 45.8 Å². The van der Waals surface area contributed by atoms with Crippen LogP contribution in [0.5, 0.6) is 0 Å². The smallest absolute Gasteiger partial charge is 0.243 e. The van der Waals surface area contributed by atoms with E-state index in [0.29, 0.717) is 5.56 Å². The van der Waals surface area contributed by atoms with Crippen molar-refractivity contribution in [3.8, 4) is 0 Å². The fourth-order valence-corrected chi connectivity index (χ4v) is 3.98. The average molecular weight is 426 g/mol. The minimum absolute atomic E-state index is 0.0437. The van der Waals surface area contributed by atoms with Gasteiger partial charge in [-0.2, -0.15) is 4.72 Å². The third kappa shape index (κ3) is 5.37. The Labute approximate surface area is 169 Å². The molecule has 2 aromatic rings. The van der Waals surface area contributed by atoms with Gasteiger partial charge in [-0.1, -0.05) is 23.8 Å². The average Bonchev–Trinajstić information content (AvgIpc) is 2.66. The number of nitrogens with one attached hydrogen (secondary N) is 1. The molecule has 0 bridgehead atoms. The Bertz CT molecular complexity index is 978. The predicted molar refractivity (Wildman–Crippen MR) is 105 cm³/mol. The molecule has 9 heteroatoms. The molecule has 0 aliphatic heterocycles. The number of carbonyl (C=O) groups excluding carboxylic acids is 1. The number of amides is 1. The van der Waals surface area contributed by atoms with E-state index in [-0.39, 0.29) is 4.90 Å². The molecule has 29 heavy (non-hydrogen) atoms. The highest BCUT2D eigenvalue weighted by molar-refractivity contribution is 7.89. The highest BCUT2D eigenvalue weighted by atomic mass is 32.2. The number of likely N-dealkylation sites (N-methyl/N-ethyl adjacent to an activating group) is 1. The molecular formula is C20H24F2N2O4S. The van der Waals surface area contributed by atoms with Crippen LogP contribution in [0.15, 0.2) is 47.4 Å². The van der Waals surface area contributed by atoms with Crippen LogP contribution in [0.2, 0.25) is 0 Å².